The topological polar surface area (TPSA) is 118 Å². The Labute approximate surface area is 202 Å². The van der Waals surface area contributed by atoms with Crippen molar-refractivity contribution in [2.75, 3.05) is 27.9 Å². The molecule has 0 bridgehead atoms. The Morgan fingerprint density at radius 1 is 0.914 bits per heavy atom. The van der Waals surface area contributed by atoms with Gasteiger partial charge in [0.15, 0.2) is 23.0 Å². The fourth-order valence-electron chi connectivity index (χ4n) is 3.01. The van der Waals surface area contributed by atoms with Crippen LogP contribution in [0, 0.1) is 0 Å². The number of nitrogens with zero attached hydrogens (tertiary/aromatic N) is 1. The largest absolute Gasteiger partial charge is 0.493 e. The third-order valence-electron chi connectivity index (χ3n) is 4.71. The van der Waals surface area contributed by atoms with Crippen LogP contribution in [-0.2, 0) is 11.3 Å². The lowest BCUT2D eigenvalue weighted by atomic mass is 10.2. The average Bonchev–Trinajstić information content (AvgIpc) is 3.36. The van der Waals surface area contributed by atoms with Crippen molar-refractivity contribution in [3.63, 3.8) is 0 Å². The standard InChI is InChI=1S/C25H26N2O8/c1-5-33-23-12-16(6-9-20(23)34-15-18-8-11-21(35-18)25(29)32-4)14-26-27-24(28)17-7-10-19(30-2)22(13-17)31-3/h6-14H,5,15H2,1-4H3,(H,27,28)/b26-14+. The van der Waals surface area contributed by atoms with Crippen molar-refractivity contribution in [1.29, 1.82) is 0 Å². The summed E-state index contributed by atoms with van der Waals surface area (Å²) in [7, 11) is 4.30. The monoisotopic (exact) mass is 482 g/mol. The van der Waals surface area contributed by atoms with Gasteiger partial charge in [-0.2, -0.15) is 5.10 Å². The molecular weight excluding hydrogens is 456 g/mol. The zero-order valence-corrected chi connectivity index (χ0v) is 19.8. The number of carbonyl (C=O) groups is 2. The Morgan fingerprint density at radius 2 is 1.69 bits per heavy atom. The number of esters is 1. The maximum atomic E-state index is 12.4. The van der Waals surface area contributed by atoms with Gasteiger partial charge >= 0.3 is 5.97 Å². The van der Waals surface area contributed by atoms with Crippen molar-refractivity contribution >= 4 is 18.1 Å². The van der Waals surface area contributed by atoms with Crippen LogP contribution in [0.5, 0.6) is 23.0 Å². The molecule has 35 heavy (non-hydrogen) atoms. The molecule has 10 heteroatoms. The summed E-state index contributed by atoms with van der Waals surface area (Å²) >= 11 is 0. The molecule has 0 aliphatic rings. The highest BCUT2D eigenvalue weighted by atomic mass is 16.5. The minimum atomic E-state index is -0.562. The van der Waals surface area contributed by atoms with Crippen LogP contribution in [0.1, 0.15) is 39.2 Å². The second-order valence-electron chi connectivity index (χ2n) is 6.95. The lowest BCUT2D eigenvalue weighted by Crippen LogP contribution is -2.17. The van der Waals surface area contributed by atoms with E-state index >= 15 is 0 Å². The van der Waals surface area contributed by atoms with Gasteiger partial charge < -0.3 is 28.1 Å². The second-order valence-corrected chi connectivity index (χ2v) is 6.95. The summed E-state index contributed by atoms with van der Waals surface area (Å²) in [5, 5.41) is 4.02. The number of benzene rings is 2. The molecule has 0 aliphatic heterocycles. The van der Waals surface area contributed by atoms with E-state index < -0.39 is 11.9 Å². The van der Waals surface area contributed by atoms with Crippen LogP contribution in [-0.4, -0.2) is 46.0 Å². The molecule has 1 amide bonds. The highest BCUT2D eigenvalue weighted by Gasteiger charge is 2.13. The number of hydrazone groups is 1. The molecule has 1 aromatic heterocycles. The van der Waals surface area contributed by atoms with E-state index in [4.69, 9.17) is 23.4 Å². The molecule has 10 nitrogen and oxygen atoms in total. The van der Waals surface area contributed by atoms with Gasteiger partial charge in [0.25, 0.3) is 5.91 Å². The van der Waals surface area contributed by atoms with E-state index in [1.54, 1.807) is 42.5 Å². The van der Waals surface area contributed by atoms with Gasteiger partial charge in [0.05, 0.1) is 34.2 Å². The molecule has 3 rings (SSSR count). The van der Waals surface area contributed by atoms with Crippen LogP contribution in [0.25, 0.3) is 0 Å². The maximum absolute atomic E-state index is 12.4. The molecule has 1 heterocycles. The average molecular weight is 482 g/mol. The van der Waals surface area contributed by atoms with Gasteiger partial charge in [-0.3, -0.25) is 4.79 Å². The SMILES string of the molecule is CCOc1cc(/C=N/NC(=O)c2ccc(OC)c(OC)c2)ccc1OCc1ccc(C(=O)OC)o1. The summed E-state index contributed by atoms with van der Waals surface area (Å²) in [5.41, 5.74) is 3.52. The minimum Gasteiger partial charge on any atom is -0.493 e. The predicted molar refractivity (Wildman–Crippen MR) is 127 cm³/mol. The van der Waals surface area contributed by atoms with Crippen molar-refractivity contribution in [2.45, 2.75) is 13.5 Å². The summed E-state index contributed by atoms with van der Waals surface area (Å²) in [4.78, 5) is 23.9. The number of methoxy groups -OCH3 is 3. The lowest BCUT2D eigenvalue weighted by molar-refractivity contribution is 0.0560. The van der Waals surface area contributed by atoms with Gasteiger partial charge in [-0.15, -0.1) is 0 Å². The third-order valence-corrected chi connectivity index (χ3v) is 4.71. The summed E-state index contributed by atoms with van der Waals surface area (Å²) in [6, 6.07) is 13.2. The van der Waals surface area contributed by atoms with Gasteiger partial charge in [-0.25, -0.2) is 10.2 Å². The zero-order chi connectivity index (χ0) is 25.2. The van der Waals surface area contributed by atoms with Crippen LogP contribution in [0.4, 0.5) is 0 Å². The third kappa shape index (κ3) is 6.53. The highest BCUT2D eigenvalue weighted by Crippen LogP contribution is 2.29. The van der Waals surface area contributed by atoms with E-state index in [2.05, 4.69) is 15.3 Å². The fourth-order valence-corrected chi connectivity index (χ4v) is 3.01. The van der Waals surface area contributed by atoms with E-state index in [9.17, 15) is 9.59 Å². The molecule has 0 atom stereocenters. The van der Waals surface area contributed by atoms with Crippen LogP contribution < -0.4 is 24.4 Å². The van der Waals surface area contributed by atoms with Crippen LogP contribution in [0.2, 0.25) is 0 Å². The second kappa shape index (κ2) is 12.1. The summed E-state index contributed by atoms with van der Waals surface area (Å²) < 4.78 is 31.9. The van der Waals surface area contributed by atoms with Gasteiger partial charge in [0, 0.05) is 5.56 Å². The van der Waals surface area contributed by atoms with E-state index in [1.165, 1.54) is 33.6 Å². The number of furan rings is 1. The van der Waals surface area contributed by atoms with Crippen molar-refractivity contribution in [2.24, 2.45) is 5.10 Å². The number of amides is 1. The maximum Gasteiger partial charge on any atom is 0.373 e. The van der Waals surface area contributed by atoms with Crippen LogP contribution in [0.15, 0.2) is 58.0 Å². The first-order valence-electron chi connectivity index (χ1n) is 10.6. The molecule has 0 saturated carbocycles. The zero-order valence-electron chi connectivity index (χ0n) is 19.8. The van der Waals surface area contributed by atoms with Crippen molar-refractivity contribution < 1.29 is 37.7 Å². The number of rotatable bonds is 11. The van der Waals surface area contributed by atoms with Crippen LogP contribution >= 0.6 is 0 Å². The first-order chi connectivity index (χ1) is 17.0. The molecule has 2 aromatic carbocycles. The Kier molecular flexibility index (Phi) is 8.71. The number of nitrogens with one attached hydrogen (secondary N) is 1. The Hall–Kier alpha value is -4.47. The minimum absolute atomic E-state index is 0.0892. The van der Waals surface area contributed by atoms with E-state index in [1.807, 2.05) is 6.92 Å². The molecule has 3 aromatic rings. The molecule has 0 aliphatic carbocycles. The lowest BCUT2D eigenvalue weighted by Gasteiger charge is -2.12. The molecular formula is C25H26N2O8. The van der Waals surface area contributed by atoms with Gasteiger partial charge in [-0.05, 0) is 61.0 Å². The van der Waals surface area contributed by atoms with Crippen molar-refractivity contribution in [3.05, 3.63) is 71.2 Å². The normalized spacial score (nSPS) is 10.6. The number of hydrogen-bond donors (Lipinski definition) is 1. The molecule has 0 saturated heterocycles. The van der Waals surface area contributed by atoms with E-state index in [-0.39, 0.29) is 12.4 Å². The molecule has 1 N–H and O–H groups in total. The van der Waals surface area contributed by atoms with Gasteiger partial charge in [0.2, 0.25) is 5.76 Å². The Bertz CT molecular complexity index is 1200. The molecule has 0 radical (unpaired) electrons. The quantitative estimate of drug-likeness (QED) is 0.249. The highest BCUT2D eigenvalue weighted by molar-refractivity contribution is 5.95. The fraction of sp³-hybridized carbons (Fsp3) is 0.240. The van der Waals surface area contributed by atoms with Crippen molar-refractivity contribution in [3.8, 4) is 23.0 Å². The summed E-state index contributed by atoms with van der Waals surface area (Å²) in [5.74, 6) is 1.52. The van der Waals surface area contributed by atoms with E-state index in [0.29, 0.717) is 46.5 Å². The first kappa shape index (κ1) is 25.2. The summed E-state index contributed by atoms with van der Waals surface area (Å²) in [6.45, 7) is 2.36. The molecule has 0 spiro atoms. The van der Waals surface area contributed by atoms with Crippen molar-refractivity contribution in [1.82, 2.24) is 5.43 Å². The Morgan fingerprint density at radius 3 is 2.40 bits per heavy atom. The first-order valence-corrected chi connectivity index (χ1v) is 10.6. The van der Waals surface area contributed by atoms with Crippen LogP contribution in [0.3, 0.4) is 0 Å². The summed E-state index contributed by atoms with van der Waals surface area (Å²) in [6.07, 6.45) is 1.49. The predicted octanol–water partition coefficient (Wildman–Crippen LogP) is 3.83. The molecule has 0 unspecified atom stereocenters. The van der Waals surface area contributed by atoms with Gasteiger partial charge in [-0.1, -0.05) is 0 Å². The number of hydrogen-bond acceptors (Lipinski definition) is 9. The van der Waals surface area contributed by atoms with E-state index in [0.717, 1.165) is 0 Å². The number of carbonyl (C=O) groups excluding carboxylic acids is 2. The smallest absolute Gasteiger partial charge is 0.373 e. The van der Waals surface area contributed by atoms with Gasteiger partial charge in [0.1, 0.15) is 12.4 Å². The number of ether oxygens (including phenoxy) is 5. The molecule has 0 fully saturated rings. The Balaban J connectivity index is 1.65. The molecule has 184 valence electrons.